The Kier molecular flexibility index (Phi) is 6.48. The summed E-state index contributed by atoms with van der Waals surface area (Å²) in [5.41, 5.74) is 6.10. The number of benzene rings is 1. The van der Waals surface area contributed by atoms with Crippen LogP contribution in [0.15, 0.2) is 29.6 Å². The third-order valence-electron chi connectivity index (χ3n) is 7.55. The van der Waals surface area contributed by atoms with E-state index in [1.54, 1.807) is 0 Å². The molecule has 0 N–H and O–H groups in total. The van der Waals surface area contributed by atoms with E-state index in [1.807, 2.05) is 23.3 Å². The number of morpholine rings is 1. The number of nitrogens with zero attached hydrogens (tertiary/aromatic N) is 3. The van der Waals surface area contributed by atoms with E-state index in [9.17, 15) is 4.79 Å². The summed E-state index contributed by atoms with van der Waals surface area (Å²) in [7, 11) is 0. The lowest BCUT2D eigenvalue weighted by molar-refractivity contribution is 0.0510. The highest BCUT2D eigenvalue weighted by Crippen LogP contribution is 2.32. The number of carbonyl (C=O) groups excluding carboxylic acids is 1. The van der Waals surface area contributed by atoms with Gasteiger partial charge in [0.15, 0.2) is 0 Å². The second-order valence-corrected chi connectivity index (χ2v) is 10.9. The van der Waals surface area contributed by atoms with Crippen LogP contribution in [0.3, 0.4) is 0 Å². The smallest absolute Gasteiger partial charge is 0.264 e. The second kappa shape index (κ2) is 9.88. The molecule has 1 amide bonds. The third kappa shape index (κ3) is 4.69. The molecule has 0 radical (unpaired) electrons. The fourth-order valence-electron chi connectivity index (χ4n) is 5.64. The number of pyridine rings is 1. The third-order valence-corrected chi connectivity index (χ3v) is 8.55. The molecule has 1 aliphatic carbocycles. The van der Waals surface area contributed by atoms with Gasteiger partial charge in [-0.15, -0.1) is 11.3 Å². The molecule has 7 heteroatoms. The molecule has 2 saturated heterocycles. The summed E-state index contributed by atoms with van der Waals surface area (Å²) in [6, 6.07) is 8.92. The number of rotatable bonds is 6. The summed E-state index contributed by atoms with van der Waals surface area (Å²) < 4.78 is 11.6. The van der Waals surface area contributed by atoms with Crippen molar-refractivity contribution >= 4 is 34.0 Å². The Bertz CT molecular complexity index is 1230. The standard InChI is InChI=1S/C28H33N3O3S/c1-19-7-13-35-26(19)28(32)31(18-24-6-3-10-34-24)17-23-15-22-14-20-4-2-5-21(20)16-25(22)29-27(23)30-8-11-33-12-9-30/h7,13-16,24H,2-6,8-12,17-18H2,1H3. The number of amides is 1. The molecule has 2 fully saturated rings. The van der Waals surface area contributed by atoms with Crippen molar-refractivity contribution in [3.63, 3.8) is 0 Å². The molecule has 1 aromatic carbocycles. The van der Waals surface area contributed by atoms with Crippen LogP contribution in [0, 0.1) is 6.92 Å². The van der Waals surface area contributed by atoms with Crippen LogP contribution < -0.4 is 4.90 Å². The molecule has 2 aromatic heterocycles. The van der Waals surface area contributed by atoms with Crippen molar-refractivity contribution in [3.8, 4) is 0 Å². The van der Waals surface area contributed by atoms with Gasteiger partial charge in [-0.05, 0) is 85.4 Å². The molecule has 4 heterocycles. The van der Waals surface area contributed by atoms with Crippen molar-refractivity contribution < 1.29 is 14.3 Å². The quantitative estimate of drug-likeness (QED) is 0.498. The van der Waals surface area contributed by atoms with E-state index in [2.05, 4.69) is 23.1 Å². The first-order valence-electron chi connectivity index (χ1n) is 12.9. The lowest BCUT2D eigenvalue weighted by Crippen LogP contribution is -2.40. The minimum atomic E-state index is 0.0926. The molecule has 6 nitrogen and oxygen atoms in total. The zero-order valence-electron chi connectivity index (χ0n) is 20.4. The number of hydrogen-bond acceptors (Lipinski definition) is 6. The molecular formula is C28H33N3O3S. The maximum absolute atomic E-state index is 13.8. The van der Waals surface area contributed by atoms with Gasteiger partial charge in [-0.25, -0.2) is 4.98 Å². The van der Waals surface area contributed by atoms with Crippen LogP contribution in [0.2, 0.25) is 0 Å². The molecule has 3 aromatic rings. The van der Waals surface area contributed by atoms with E-state index in [-0.39, 0.29) is 12.0 Å². The Labute approximate surface area is 210 Å². The van der Waals surface area contributed by atoms with E-state index < -0.39 is 0 Å². The van der Waals surface area contributed by atoms with Crippen molar-refractivity contribution in [2.24, 2.45) is 0 Å². The van der Waals surface area contributed by atoms with Gasteiger partial charge >= 0.3 is 0 Å². The monoisotopic (exact) mass is 491 g/mol. The van der Waals surface area contributed by atoms with Crippen molar-refractivity contribution in [3.05, 3.63) is 56.8 Å². The van der Waals surface area contributed by atoms with Crippen molar-refractivity contribution in [1.29, 1.82) is 0 Å². The van der Waals surface area contributed by atoms with Crippen LogP contribution >= 0.6 is 11.3 Å². The SMILES string of the molecule is Cc1ccsc1C(=O)N(Cc1cc2cc3c(cc2nc1N1CCOCC1)CCC3)CC1CCCO1. The Morgan fingerprint density at radius 3 is 2.71 bits per heavy atom. The minimum absolute atomic E-state index is 0.0926. The molecule has 35 heavy (non-hydrogen) atoms. The highest BCUT2D eigenvalue weighted by atomic mass is 32.1. The van der Waals surface area contributed by atoms with Crippen LogP contribution in [0.4, 0.5) is 5.82 Å². The van der Waals surface area contributed by atoms with Gasteiger partial charge in [0.05, 0.1) is 29.7 Å². The molecule has 184 valence electrons. The van der Waals surface area contributed by atoms with E-state index in [4.69, 9.17) is 14.5 Å². The summed E-state index contributed by atoms with van der Waals surface area (Å²) in [4.78, 5) is 24.1. The van der Waals surface area contributed by atoms with Crippen molar-refractivity contribution in [1.82, 2.24) is 9.88 Å². The average molecular weight is 492 g/mol. The first kappa shape index (κ1) is 23.0. The van der Waals surface area contributed by atoms with Crippen LogP contribution in [-0.2, 0) is 28.9 Å². The largest absolute Gasteiger partial charge is 0.378 e. The molecule has 2 aliphatic heterocycles. The number of fused-ring (bicyclic) bond motifs is 2. The van der Waals surface area contributed by atoms with E-state index in [0.29, 0.717) is 26.3 Å². The van der Waals surface area contributed by atoms with Crippen LogP contribution in [0.25, 0.3) is 10.9 Å². The summed E-state index contributed by atoms with van der Waals surface area (Å²) in [6.07, 6.45) is 5.68. The number of aromatic nitrogens is 1. The predicted molar refractivity (Wildman–Crippen MR) is 140 cm³/mol. The minimum Gasteiger partial charge on any atom is -0.378 e. The molecule has 6 rings (SSSR count). The lowest BCUT2D eigenvalue weighted by atomic mass is 10.0. The fraction of sp³-hybridized carbons (Fsp3) is 0.500. The van der Waals surface area contributed by atoms with Crippen molar-refractivity contribution in [2.45, 2.75) is 51.7 Å². The molecule has 0 saturated carbocycles. The Balaban J connectivity index is 1.40. The molecule has 1 atom stereocenters. The summed E-state index contributed by atoms with van der Waals surface area (Å²) in [5.74, 6) is 1.08. The van der Waals surface area contributed by atoms with Gasteiger partial charge in [-0.1, -0.05) is 0 Å². The highest BCUT2D eigenvalue weighted by molar-refractivity contribution is 7.12. The molecule has 0 spiro atoms. The second-order valence-electron chi connectivity index (χ2n) is 9.99. The summed E-state index contributed by atoms with van der Waals surface area (Å²) in [5, 5.41) is 3.18. The van der Waals surface area contributed by atoms with Gasteiger partial charge in [-0.2, -0.15) is 0 Å². The van der Waals surface area contributed by atoms with Crippen LogP contribution in [0.1, 0.15) is 51.2 Å². The van der Waals surface area contributed by atoms with Gasteiger partial charge in [0.2, 0.25) is 0 Å². The van der Waals surface area contributed by atoms with E-state index >= 15 is 0 Å². The number of ether oxygens (including phenoxy) is 2. The Hall–Kier alpha value is -2.48. The maximum Gasteiger partial charge on any atom is 0.264 e. The number of hydrogen-bond donors (Lipinski definition) is 0. The van der Waals surface area contributed by atoms with Gasteiger partial charge < -0.3 is 19.3 Å². The predicted octanol–water partition coefficient (Wildman–Crippen LogP) is 4.75. The van der Waals surface area contributed by atoms with Gasteiger partial charge in [0, 0.05) is 43.7 Å². The van der Waals surface area contributed by atoms with E-state index in [0.717, 1.165) is 72.7 Å². The zero-order valence-corrected chi connectivity index (χ0v) is 21.2. The first-order valence-corrected chi connectivity index (χ1v) is 13.8. The number of anilines is 1. The lowest BCUT2D eigenvalue weighted by Gasteiger charge is -2.32. The first-order chi connectivity index (χ1) is 17.2. The molecule has 3 aliphatic rings. The topological polar surface area (TPSA) is 54.9 Å². The molecule has 0 bridgehead atoms. The number of carbonyl (C=O) groups is 1. The summed E-state index contributed by atoms with van der Waals surface area (Å²) >= 11 is 1.53. The molecular weight excluding hydrogens is 458 g/mol. The van der Waals surface area contributed by atoms with Gasteiger partial charge in [-0.3, -0.25) is 4.79 Å². The Morgan fingerprint density at radius 1 is 1.14 bits per heavy atom. The maximum atomic E-state index is 13.8. The highest BCUT2D eigenvalue weighted by Gasteiger charge is 2.27. The molecule has 1 unspecified atom stereocenters. The van der Waals surface area contributed by atoms with Crippen LogP contribution in [0.5, 0.6) is 0 Å². The zero-order chi connectivity index (χ0) is 23.8. The number of thiophene rings is 1. The summed E-state index contributed by atoms with van der Waals surface area (Å²) in [6.45, 7) is 6.99. The van der Waals surface area contributed by atoms with E-state index in [1.165, 1.54) is 34.3 Å². The number of aryl methyl sites for hydroxylation is 3. The van der Waals surface area contributed by atoms with Crippen molar-refractivity contribution in [2.75, 3.05) is 44.4 Å². The fourth-order valence-corrected chi connectivity index (χ4v) is 6.53. The van der Waals surface area contributed by atoms with Gasteiger partial charge in [0.1, 0.15) is 5.82 Å². The Morgan fingerprint density at radius 2 is 1.97 bits per heavy atom. The average Bonchev–Trinajstić information content (AvgIpc) is 3.64. The van der Waals surface area contributed by atoms with Gasteiger partial charge in [0.25, 0.3) is 5.91 Å². The normalized spacial score (nSPS) is 19.9. The van der Waals surface area contributed by atoms with Crippen LogP contribution in [-0.4, -0.2) is 61.3 Å².